The van der Waals surface area contributed by atoms with Crippen LogP contribution in [0.5, 0.6) is 0 Å². The third kappa shape index (κ3) is 5.93. The first kappa shape index (κ1) is 7.93. The zero-order chi connectivity index (χ0) is 6.57. The van der Waals surface area contributed by atoms with Crippen LogP contribution in [0.2, 0.25) is 0 Å². The predicted octanol–water partition coefficient (Wildman–Crippen LogP) is 1.78. The Kier molecular flexibility index (Phi) is 3.85. The van der Waals surface area contributed by atoms with E-state index in [0.29, 0.717) is 0 Å². The van der Waals surface area contributed by atoms with Gasteiger partial charge in [-0.25, -0.2) is 0 Å². The molecular formula is C7H14B. The molecule has 0 aromatic carbocycles. The second kappa shape index (κ2) is 3.88. The molecule has 0 heterocycles. The van der Waals surface area contributed by atoms with Crippen LogP contribution in [0.1, 0.15) is 33.6 Å². The summed E-state index contributed by atoms with van der Waals surface area (Å²) in [6.45, 7) is 6.40. The molecule has 0 saturated heterocycles. The molecule has 1 radical (unpaired) electrons. The van der Waals surface area contributed by atoms with Gasteiger partial charge in [-0.1, -0.05) is 0 Å². The van der Waals surface area contributed by atoms with Gasteiger partial charge in [0.2, 0.25) is 0 Å². The van der Waals surface area contributed by atoms with Crippen molar-refractivity contribution >= 4 is 13.0 Å². The third-order valence-electron chi connectivity index (χ3n) is 1.12. The summed E-state index contributed by atoms with van der Waals surface area (Å²) in [7, 11) is 5.46. The Hall–Kier alpha value is -0.0651. The van der Waals surface area contributed by atoms with Crippen LogP contribution < -0.4 is 0 Å². The molecule has 45 valence electrons. The van der Waals surface area contributed by atoms with Gasteiger partial charge in [0.1, 0.15) is 0 Å². The second-order valence-electron chi connectivity index (χ2n) is 2.78. The topological polar surface area (TPSA) is 0 Å². The summed E-state index contributed by atoms with van der Waals surface area (Å²) < 4.78 is 0. The maximum atomic E-state index is 5.46. The molecule has 1 heteroatoms. The number of hydrogen-bond acceptors (Lipinski definition) is 0. The average molecular weight is 109 g/mol. The Morgan fingerprint density at radius 2 is 2.00 bits per heavy atom. The van der Waals surface area contributed by atoms with Gasteiger partial charge in [-0.2, -0.15) is 0 Å². The summed E-state index contributed by atoms with van der Waals surface area (Å²) >= 11 is 0. The standard InChI is InChI=1S/C7H14B/c1-6(2)4-5-7(3)8/h6H,4-5H2,1-3H3. The van der Waals surface area contributed by atoms with E-state index in [1.807, 2.05) is 6.92 Å². The summed E-state index contributed by atoms with van der Waals surface area (Å²) in [6.07, 6.45) is 2.31. The van der Waals surface area contributed by atoms with E-state index in [9.17, 15) is 0 Å². The second-order valence-corrected chi connectivity index (χ2v) is 2.78. The molecule has 0 aliphatic heterocycles. The summed E-state index contributed by atoms with van der Waals surface area (Å²) in [5.74, 6) is 0.786. The summed E-state index contributed by atoms with van der Waals surface area (Å²) in [5.41, 5.74) is 1.05. The Morgan fingerprint density at radius 3 is 2.12 bits per heavy atom. The summed E-state index contributed by atoms with van der Waals surface area (Å²) in [5, 5.41) is 0. The van der Waals surface area contributed by atoms with Crippen LogP contribution in [0.4, 0.5) is 0 Å². The first-order valence-electron chi connectivity index (χ1n) is 3.21. The molecule has 0 unspecified atom stereocenters. The van der Waals surface area contributed by atoms with Crippen molar-refractivity contribution in [1.29, 1.82) is 0 Å². The van der Waals surface area contributed by atoms with Crippen LogP contribution in [0.3, 0.4) is 0 Å². The van der Waals surface area contributed by atoms with E-state index < -0.39 is 0 Å². The van der Waals surface area contributed by atoms with Crippen molar-refractivity contribution in [2.45, 2.75) is 33.6 Å². The zero-order valence-electron chi connectivity index (χ0n) is 6.07. The number of rotatable bonds is 3. The van der Waals surface area contributed by atoms with Gasteiger partial charge >= 0.3 is 52.5 Å². The summed E-state index contributed by atoms with van der Waals surface area (Å²) in [4.78, 5) is 0. The van der Waals surface area contributed by atoms with Crippen LogP contribution in [0.25, 0.3) is 0 Å². The Labute approximate surface area is 53.4 Å². The van der Waals surface area contributed by atoms with E-state index in [0.717, 1.165) is 17.8 Å². The SMILES string of the molecule is [B]=C(C)CCC(C)C. The Bertz CT molecular complexity index is 74.5. The van der Waals surface area contributed by atoms with E-state index >= 15 is 0 Å². The molecule has 8 heavy (non-hydrogen) atoms. The number of hydrogen-bond donors (Lipinski definition) is 0. The molecule has 0 aliphatic carbocycles. The fourth-order valence-electron chi connectivity index (χ4n) is 0.516. The van der Waals surface area contributed by atoms with Crippen molar-refractivity contribution in [3.8, 4) is 0 Å². The molecule has 0 spiro atoms. The molecule has 0 bridgehead atoms. The van der Waals surface area contributed by atoms with Gasteiger partial charge in [-0.3, -0.25) is 0 Å². The van der Waals surface area contributed by atoms with Crippen LogP contribution in [-0.2, 0) is 0 Å². The van der Waals surface area contributed by atoms with Gasteiger partial charge in [0, 0.05) is 0 Å². The van der Waals surface area contributed by atoms with E-state index in [4.69, 9.17) is 7.49 Å². The first-order valence-corrected chi connectivity index (χ1v) is 3.21. The summed E-state index contributed by atoms with van der Waals surface area (Å²) in [6, 6.07) is 0. The minimum atomic E-state index is 0.786. The van der Waals surface area contributed by atoms with E-state index in [1.54, 1.807) is 0 Å². The molecule has 0 aromatic rings. The molecule has 0 aromatic heterocycles. The van der Waals surface area contributed by atoms with E-state index in [-0.39, 0.29) is 0 Å². The van der Waals surface area contributed by atoms with Crippen LogP contribution >= 0.6 is 0 Å². The molecule has 0 saturated carbocycles. The van der Waals surface area contributed by atoms with Crippen molar-refractivity contribution < 1.29 is 0 Å². The van der Waals surface area contributed by atoms with Crippen molar-refractivity contribution in [3.05, 3.63) is 0 Å². The van der Waals surface area contributed by atoms with E-state index in [1.165, 1.54) is 6.42 Å². The molecule has 0 nitrogen and oxygen atoms in total. The zero-order valence-corrected chi connectivity index (χ0v) is 6.07. The van der Waals surface area contributed by atoms with Gasteiger partial charge in [-0.15, -0.1) is 0 Å². The molecule has 0 fully saturated rings. The third-order valence-corrected chi connectivity index (χ3v) is 1.12. The predicted molar refractivity (Wildman–Crippen MR) is 40.5 cm³/mol. The fraction of sp³-hybridized carbons (Fsp3) is 0.857. The fourth-order valence-corrected chi connectivity index (χ4v) is 0.516. The van der Waals surface area contributed by atoms with Crippen molar-refractivity contribution in [2.75, 3.05) is 0 Å². The average Bonchev–Trinajstić information content (AvgIpc) is 1.61. The molecule has 0 aliphatic rings. The van der Waals surface area contributed by atoms with Crippen molar-refractivity contribution in [1.82, 2.24) is 0 Å². The van der Waals surface area contributed by atoms with Crippen LogP contribution in [-0.4, -0.2) is 13.0 Å². The van der Waals surface area contributed by atoms with E-state index in [2.05, 4.69) is 13.8 Å². The van der Waals surface area contributed by atoms with Gasteiger partial charge in [-0.05, 0) is 0 Å². The molecule has 0 atom stereocenters. The quantitative estimate of drug-likeness (QED) is 0.484. The van der Waals surface area contributed by atoms with Crippen molar-refractivity contribution in [3.63, 3.8) is 0 Å². The van der Waals surface area contributed by atoms with Gasteiger partial charge in [0.25, 0.3) is 0 Å². The Morgan fingerprint density at radius 1 is 1.50 bits per heavy atom. The monoisotopic (exact) mass is 109 g/mol. The molecule has 0 amide bonds. The molecule has 0 N–H and O–H groups in total. The van der Waals surface area contributed by atoms with Crippen LogP contribution in [0, 0.1) is 5.92 Å². The minimum absolute atomic E-state index is 0.786. The van der Waals surface area contributed by atoms with Gasteiger partial charge < -0.3 is 0 Å². The van der Waals surface area contributed by atoms with Crippen molar-refractivity contribution in [2.24, 2.45) is 5.92 Å². The normalized spacial score (nSPS) is 9.88. The van der Waals surface area contributed by atoms with Crippen LogP contribution in [0.15, 0.2) is 0 Å². The van der Waals surface area contributed by atoms with Gasteiger partial charge in [0.15, 0.2) is 0 Å². The molecule has 0 rings (SSSR count). The Balaban J connectivity index is 3.05. The maximum absolute atomic E-state index is 5.46. The first-order chi connectivity index (χ1) is 3.63. The van der Waals surface area contributed by atoms with Gasteiger partial charge in [0.05, 0.1) is 0 Å². The molecular weight excluding hydrogens is 94.9 g/mol.